The van der Waals surface area contributed by atoms with Crippen LogP contribution in [0.2, 0.25) is 0 Å². The van der Waals surface area contributed by atoms with Crippen molar-refractivity contribution in [1.82, 2.24) is 14.5 Å². The molecule has 0 spiro atoms. The molecule has 0 aliphatic heterocycles. The molecule has 2 aromatic rings. The fourth-order valence-corrected chi connectivity index (χ4v) is 2.34. The normalized spacial score (nSPS) is 12.3. The highest BCUT2D eigenvalue weighted by Gasteiger charge is 2.12. The van der Waals surface area contributed by atoms with Crippen LogP contribution in [0.3, 0.4) is 0 Å². The summed E-state index contributed by atoms with van der Waals surface area (Å²) in [5.74, 6) is -0.119. The second-order valence-corrected chi connectivity index (χ2v) is 5.44. The van der Waals surface area contributed by atoms with Gasteiger partial charge in [0.1, 0.15) is 0 Å². The number of carbonyl (C=O) groups excluding carboxylic acids is 1. The van der Waals surface area contributed by atoms with Crippen molar-refractivity contribution in [2.45, 2.75) is 39.3 Å². The standard InChI is InChI=1S/C16H21N3O3/c1-4-11(2)17-14(20)9-10-19-13-8-6-5-7-12(13)18(3)15(21)16(19)22/h5-8,11H,4,9-10H2,1-3H3,(H,17,20)/t11-/m1/s1. The van der Waals surface area contributed by atoms with Gasteiger partial charge in [-0.05, 0) is 25.5 Å². The molecule has 0 bridgehead atoms. The Balaban J connectivity index is 2.34. The lowest BCUT2D eigenvalue weighted by atomic mass is 10.2. The molecule has 0 saturated heterocycles. The van der Waals surface area contributed by atoms with Crippen LogP contribution in [-0.2, 0) is 18.4 Å². The van der Waals surface area contributed by atoms with Gasteiger partial charge in [-0.25, -0.2) is 0 Å². The van der Waals surface area contributed by atoms with Gasteiger partial charge >= 0.3 is 11.1 Å². The van der Waals surface area contributed by atoms with Gasteiger partial charge < -0.3 is 14.5 Å². The molecule has 0 fully saturated rings. The quantitative estimate of drug-likeness (QED) is 0.838. The van der Waals surface area contributed by atoms with Crippen molar-refractivity contribution < 1.29 is 4.79 Å². The highest BCUT2D eigenvalue weighted by molar-refractivity contribution is 5.77. The van der Waals surface area contributed by atoms with E-state index in [2.05, 4.69) is 5.32 Å². The van der Waals surface area contributed by atoms with Crippen LogP contribution in [0.15, 0.2) is 33.9 Å². The molecule has 0 saturated carbocycles. The van der Waals surface area contributed by atoms with E-state index in [1.165, 1.54) is 9.13 Å². The zero-order chi connectivity index (χ0) is 16.3. The molecule has 0 aliphatic carbocycles. The summed E-state index contributed by atoms with van der Waals surface area (Å²) in [5, 5.41) is 2.86. The number of para-hydroxylation sites is 2. The molecule has 1 aromatic heterocycles. The summed E-state index contributed by atoms with van der Waals surface area (Å²) in [6.45, 7) is 4.11. The minimum Gasteiger partial charge on any atom is -0.354 e. The number of benzene rings is 1. The van der Waals surface area contributed by atoms with Crippen molar-refractivity contribution in [3.63, 3.8) is 0 Å². The SMILES string of the molecule is CC[C@@H](C)NC(=O)CCn1c(=O)c(=O)n(C)c2ccccc21. The Kier molecular flexibility index (Phi) is 4.80. The minimum absolute atomic E-state index is 0.101. The molecule has 0 unspecified atom stereocenters. The first-order chi connectivity index (χ1) is 10.5. The van der Waals surface area contributed by atoms with Crippen molar-refractivity contribution in [2.24, 2.45) is 7.05 Å². The smallest absolute Gasteiger partial charge is 0.316 e. The summed E-state index contributed by atoms with van der Waals surface area (Å²) in [6.07, 6.45) is 1.02. The summed E-state index contributed by atoms with van der Waals surface area (Å²) < 4.78 is 2.72. The van der Waals surface area contributed by atoms with Crippen LogP contribution in [0.5, 0.6) is 0 Å². The molecule has 1 N–H and O–H groups in total. The zero-order valence-corrected chi connectivity index (χ0v) is 13.1. The summed E-state index contributed by atoms with van der Waals surface area (Å²) in [7, 11) is 1.58. The van der Waals surface area contributed by atoms with E-state index in [0.29, 0.717) is 11.0 Å². The Morgan fingerprint density at radius 3 is 2.45 bits per heavy atom. The molecular weight excluding hydrogens is 282 g/mol. The molecule has 118 valence electrons. The predicted molar refractivity (Wildman–Crippen MR) is 86.0 cm³/mol. The monoisotopic (exact) mass is 303 g/mol. The van der Waals surface area contributed by atoms with Gasteiger partial charge in [-0.15, -0.1) is 0 Å². The fraction of sp³-hybridized carbons (Fsp3) is 0.438. The number of rotatable bonds is 5. The van der Waals surface area contributed by atoms with Gasteiger partial charge in [0.25, 0.3) is 0 Å². The van der Waals surface area contributed by atoms with E-state index in [0.717, 1.165) is 6.42 Å². The number of amides is 1. The highest BCUT2D eigenvalue weighted by Crippen LogP contribution is 2.09. The Hall–Kier alpha value is -2.37. The second-order valence-electron chi connectivity index (χ2n) is 5.44. The molecule has 1 amide bonds. The van der Waals surface area contributed by atoms with Crippen molar-refractivity contribution in [3.8, 4) is 0 Å². The number of carbonyl (C=O) groups is 1. The van der Waals surface area contributed by atoms with Crippen LogP contribution >= 0.6 is 0 Å². The first kappa shape index (κ1) is 16.0. The number of fused-ring (bicyclic) bond motifs is 1. The first-order valence-electron chi connectivity index (χ1n) is 7.43. The lowest BCUT2D eigenvalue weighted by Gasteiger charge is -2.14. The largest absolute Gasteiger partial charge is 0.354 e. The van der Waals surface area contributed by atoms with Gasteiger partial charge in [-0.2, -0.15) is 0 Å². The summed E-state index contributed by atoms with van der Waals surface area (Å²) in [5.41, 5.74) is 0.152. The van der Waals surface area contributed by atoms with E-state index >= 15 is 0 Å². The number of aromatic nitrogens is 2. The van der Waals surface area contributed by atoms with Crippen LogP contribution < -0.4 is 16.4 Å². The Morgan fingerprint density at radius 1 is 1.18 bits per heavy atom. The summed E-state index contributed by atoms with van der Waals surface area (Å²) in [6, 6.07) is 7.28. The van der Waals surface area contributed by atoms with Gasteiger partial charge in [0, 0.05) is 26.1 Å². The minimum atomic E-state index is -0.600. The molecule has 6 nitrogen and oxygen atoms in total. The molecule has 1 aromatic carbocycles. The van der Waals surface area contributed by atoms with Crippen LogP contribution in [-0.4, -0.2) is 21.1 Å². The number of nitrogens with zero attached hydrogens (tertiary/aromatic N) is 2. The lowest BCUT2D eigenvalue weighted by molar-refractivity contribution is -0.121. The molecule has 6 heteroatoms. The van der Waals surface area contributed by atoms with Crippen molar-refractivity contribution >= 4 is 16.9 Å². The van der Waals surface area contributed by atoms with E-state index < -0.39 is 11.1 Å². The van der Waals surface area contributed by atoms with E-state index in [1.807, 2.05) is 26.0 Å². The third-order valence-electron chi connectivity index (χ3n) is 3.85. The van der Waals surface area contributed by atoms with E-state index in [-0.39, 0.29) is 24.9 Å². The van der Waals surface area contributed by atoms with Crippen LogP contribution in [0.1, 0.15) is 26.7 Å². The van der Waals surface area contributed by atoms with Gasteiger partial charge in [0.15, 0.2) is 0 Å². The van der Waals surface area contributed by atoms with Crippen molar-refractivity contribution in [1.29, 1.82) is 0 Å². The summed E-state index contributed by atoms with van der Waals surface area (Å²) in [4.78, 5) is 36.1. The second kappa shape index (κ2) is 6.60. The molecule has 1 heterocycles. The molecule has 1 atom stereocenters. The number of hydrogen-bond acceptors (Lipinski definition) is 3. The van der Waals surface area contributed by atoms with Crippen LogP contribution in [0, 0.1) is 0 Å². The molecule has 0 aliphatic rings. The highest BCUT2D eigenvalue weighted by atomic mass is 16.2. The third kappa shape index (κ3) is 3.10. The van der Waals surface area contributed by atoms with Crippen LogP contribution in [0.25, 0.3) is 11.0 Å². The molecular formula is C16H21N3O3. The van der Waals surface area contributed by atoms with E-state index in [1.54, 1.807) is 19.2 Å². The summed E-state index contributed by atoms with van der Waals surface area (Å²) >= 11 is 0. The Bertz CT molecular complexity index is 804. The van der Waals surface area contributed by atoms with Gasteiger partial charge in [0.05, 0.1) is 11.0 Å². The topological polar surface area (TPSA) is 73.1 Å². The zero-order valence-electron chi connectivity index (χ0n) is 13.1. The average molecular weight is 303 g/mol. The van der Waals surface area contributed by atoms with Gasteiger partial charge in [0.2, 0.25) is 5.91 Å². The maximum Gasteiger partial charge on any atom is 0.316 e. The lowest BCUT2D eigenvalue weighted by Crippen LogP contribution is -2.41. The van der Waals surface area contributed by atoms with Gasteiger partial charge in [-0.3, -0.25) is 14.4 Å². The third-order valence-corrected chi connectivity index (χ3v) is 3.85. The molecule has 0 radical (unpaired) electrons. The number of aryl methyl sites for hydroxylation is 2. The van der Waals surface area contributed by atoms with Crippen molar-refractivity contribution in [3.05, 3.63) is 45.0 Å². The maximum absolute atomic E-state index is 12.2. The van der Waals surface area contributed by atoms with E-state index in [4.69, 9.17) is 0 Å². The molecule has 22 heavy (non-hydrogen) atoms. The predicted octanol–water partition coefficient (Wildman–Crippen LogP) is 1.00. The van der Waals surface area contributed by atoms with Gasteiger partial charge in [-0.1, -0.05) is 19.1 Å². The van der Waals surface area contributed by atoms with Crippen molar-refractivity contribution in [2.75, 3.05) is 0 Å². The Morgan fingerprint density at radius 2 is 1.82 bits per heavy atom. The number of hydrogen-bond donors (Lipinski definition) is 1. The van der Waals surface area contributed by atoms with Crippen LogP contribution in [0.4, 0.5) is 0 Å². The number of nitrogens with one attached hydrogen (secondary N) is 1. The molecule has 2 rings (SSSR count). The Labute approximate surface area is 128 Å². The van der Waals surface area contributed by atoms with E-state index in [9.17, 15) is 14.4 Å². The first-order valence-corrected chi connectivity index (χ1v) is 7.43. The average Bonchev–Trinajstić information content (AvgIpc) is 2.52. The maximum atomic E-state index is 12.2. The fourth-order valence-electron chi connectivity index (χ4n) is 2.34.